The van der Waals surface area contributed by atoms with Gasteiger partial charge >= 0.3 is 0 Å². The number of morpholine rings is 1. The maximum Gasteiger partial charge on any atom is 0.224 e. The standard InChI is InChI=1S/C19H29N3O3/c20-18-6-2-5-17(18)19(23)21-14-15-3-1-4-16(13-15)25-12-9-22-7-10-24-11-8-22/h1,3-4,13,17-18H,2,5-12,14,20H2,(H,21,23)/t17-,18+/m0/s1. The summed E-state index contributed by atoms with van der Waals surface area (Å²) in [5.41, 5.74) is 7.04. The van der Waals surface area contributed by atoms with Gasteiger partial charge in [0.25, 0.3) is 0 Å². The van der Waals surface area contributed by atoms with Crippen molar-refractivity contribution in [3.05, 3.63) is 29.8 Å². The number of hydrogen-bond donors (Lipinski definition) is 2. The second kappa shape index (κ2) is 9.17. The predicted octanol–water partition coefficient (Wildman–Crippen LogP) is 1.14. The van der Waals surface area contributed by atoms with E-state index in [1.807, 2.05) is 24.3 Å². The third-order valence-electron chi connectivity index (χ3n) is 5.05. The van der Waals surface area contributed by atoms with Crippen molar-refractivity contribution in [1.82, 2.24) is 10.2 Å². The van der Waals surface area contributed by atoms with E-state index in [-0.39, 0.29) is 17.9 Å². The highest BCUT2D eigenvalue weighted by Gasteiger charge is 2.29. The van der Waals surface area contributed by atoms with Crippen LogP contribution in [0.25, 0.3) is 0 Å². The fourth-order valence-electron chi connectivity index (χ4n) is 3.50. The first-order valence-electron chi connectivity index (χ1n) is 9.27. The second-order valence-corrected chi connectivity index (χ2v) is 6.87. The molecule has 1 aromatic carbocycles. The summed E-state index contributed by atoms with van der Waals surface area (Å²) in [7, 11) is 0. The Morgan fingerprint density at radius 2 is 2.16 bits per heavy atom. The third kappa shape index (κ3) is 5.42. The lowest BCUT2D eigenvalue weighted by molar-refractivity contribution is -0.125. The molecule has 2 atom stereocenters. The Morgan fingerprint density at radius 3 is 2.92 bits per heavy atom. The molecule has 2 fully saturated rings. The number of rotatable bonds is 7. The fourth-order valence-corrected chi connectivity index (χ4v) is 3.50. The third-order valence-corrected chi connectivity index (χ3v) is 5.05. The van der Waals surface area contributed by atoms with Gasteiger partial charge in [0.05, 0.1) is 19.1 Å². The second-order valence-electron chi connectivity index (χ2n) is 6.87. The quantitative estimate of drug-likeness (QED) is 0.773. The summed E-state index contributed by atoms with van der Waals surface area (Å²) in [5, 5.41) is 3.01. The summed E-state index contributed by atoms with van der Waals surface area (Å²) in [6, 6.07) is 7.93. The van der Waals surface area contributed by atoms with Crippen LogP contribution >= 0.6 is 0 Å². The topological polar surface area (TPSA) is 76.8 Å². The zero-order valence-electron chi connectivity index (χ0n) is 14.8. The lowest BCUT2D eigenvalue weighted by Gasteiger charge is -2.26. The van der Waals surface area contributed by atoms with Crippen molar-refractivity contribution >= 4 is 5.91 Å². The fraction of sp³-hybridized carbons (Fsp3) is 0.632. The zero-order chi connectivity index (χ0) is 17.5. The smallest absolute Gasteiger partial charge is 0.224 e. The molecule has 6 nitrogen and oxygen atoms in total. The van der Waals surface area contributed by atoms with Crippen LogP contribution in [0.1, 0.15) is 24.8 Å². The van der Waals surface area contributed by atoms with Crippen molar-refractivity contribution in [2.24, 2.45) is 11.7 Å². The van der Waals surface area contributed by atoms with Crippen LogP contribution in [0.4, 0.5) is 0 Å². The van der Waals surface area contributed by atoms with E-state index < -0.39 is 0 Å². The van der Waals surface area contributed by atoms with Gasteiger partial charge in [0.1, 0.15) is 12.4 Å². The van der Waals surface area contributed by atoms with Crippen LogP contribution in [0.15, 0.2) is 24.3 Å². The van der Waals surface area contributed by atoms with Crippen molar-refractivity contribution in [1.29, 1.82) is 0 Å². The van der Waals surface area contributed by atoms with Crippen LogP contribution < -0.4 is 15.8 Å². The molecule has 0 radical (unpaired) electrons. The van der Waals surface area contributed by atoms with E-state index in [0.29, 0.717) is 13.2 Å². The van der Waals surface area contributed by atoms with Crippen LogP contribution in [0, 0.1) is 5.92 Å². The first kappa shape index (κ1) is 18.2. The minimum atomic E-state index is -0.0343. The molecule has 1 saturated heterocycles. The predicted molar refractivity (Wildman–Crippen MR) is 96.4 cm³/mol. The van der Waals surface area contributed by atoms with Gasteiger partial charge in [-0.25, -0.2) is 0 Å². The molecular weight excluding hydrogens is 318 g/mol. The SMILES string of the molecule is N[C@@H]1CCC[C@@H]1C(=O)NCc1cccc(OCCN2CCOCC2)c1. The molecular formula is C19H29N3O3. The first-order valence-corrected chi connectivity index (χ1v) is 9.27. The molecule has 1 amide bonds. The molecule has 1 aromatic rings. The Hall–Kier alpha value is -1.63. The highest BCUT2D eigenvalue weighted by atomic mass is 16.5. The van der Waals surface area contributed by atoms with E-state index in [4.69, 9.17) is 15.2 Å². The molecule has 1 heterocycles. The summed E-state index contributed by atoms with van der Waals surface area (Å²) in [4.78, 5) is 14.6. The summed E-state index contributed by atoms with van der Waals surface area (Å²) < 4.78 is 11.2. The normalized spacial score (nSPS) is 24.2. The van der Waals surface area contributed by atoms with Crippen molar-refractivity contribution in [2.75, 3.05) is 39.5 Å². The number of ether oxygens (including phenoxy) is 2. The van der Waals surface area contributed by atoms with E-state index in [2.05, 4.69) is 10.2 Å². The average molecular weight is 347 g/mol. The van der Waals surface area contributed by atoms with Gasteiger partial charge in [0.15, 0.2) is 0 Å². The number of carbonyl (C=O) groups excluding carboxylic acids is 1. The van der Waals surface area contributed by atoms with E-state index in [9.17, 15) is 4.79 Å². The molecule has 6 heteroatoms. The van der Waals surface area contributed by atoms with Crippen molar-refractivity contribution in [3.8, 4) is 5.75 Å². The molecule has 3 rings (SSSR count). The number of nitrogens with one attached hydrogen (secondary N) is 1. The molecule has 0 bridgehead atoms. The molecule has 0 spiro atoms. The number of benzene rings is 1. The van der Waals surface area contributed by atoms with Crippen molar-refractivity contribution in [2.45, 2.75) is 31.8 Å². The van der Waals surface area contributed by atoms with Gasteiger partial charge in [-0.05, 0) is 30.5 Å². The van der Waals surface area contributed by atoms with Gasteiger partial charge in [-0.15, -0.1) is 0 Å². The molecule has 138 valence electrons. The van der Waals surface area contributed by atoms with Crippen LogP contribution in [0.3, 0.4) is 0 Å². The minimum absolute atomic E-state index is 0.00912. The van der Waals surface area contributed by atoms with E-state index in [1.165, 1.54) is 0 Å². The Balaban J connectivity index is 1.42. The number of carbonyl (C=O) groups is 1. The molecule has 0 aromatic heterocycles. The monoisotopic (exact) mass is 347 g/mol. The van der Waals surface area contributed by atoms with Gasteiger partial charge in [-0.3, -0.25) is 9.69 Å². The molecule has 1 saturated carbocycles. The molecule has 0 unspecified atom stereocenters. The number of amides is 1. The minimum Gasteiger partial charge on any atom is -0.492 e. The van der Waals surface area contributed by atoms with E-state index in [0.717, 1.165) is 63.4 Å². The highest BCUT2D eigenvalue weighted by molar-refractivity contribution is 5.79. The van der Waals surface area contributed by atoms with Gasteiger partial charge in [0, 0.05) is 32.2 Å². The van der Waals surface area contributed by atoms with Crippen molar-refractivity contribution < 1.29 is 14.3 Å². The summed E-state index contributed by atoms with van der Waals surface area (Å²) in [5.74, 6) is 0.883. The number of nitrogens with zero attached hydrogens (tertiary/aromatic N) is 1. The molecule has 3 N–H and O–H groups in total. The zero-order valence-corrected chi connectivity index (χ0v) is 14.8. The molecule has 2 aliphatic rings. The summed E-state index contributed by atoms with van der Waals surface area (Å²) in [6.07, 6.45) is 2.90. The van der Waals surface area contributed by atoms with Gasteiger partial charge < -0.3 is 20.5 Å². The lowest BCUT2D eigenvalue weighted by Crippen LogP contribution is -2.38. The maximum atomic E-state index is 12.2. The lowest BCUT2D eigenvalue weighted by atomic mass is 10.0. The summed E-state index contributed by atoms with van der Waals surface area (Å²) >= 11 is 0. The largest absolute Gasteiger partial charge is 0.492 e. The Bertz CT molecular complexity index is 561. The van der Waals surface area contributed by atoms with E-state index >= 15 is 0 Å². The van der Waals surface area contributed by atoms with E-state index in [1.54, 1.807) is 0 Å². The van der Waals surface area contributed by atoms with Crippen LogP contribution in [-0.4, -0.2) is 56.3 Å². The summed E-state index contributed by atoms with van der Waals surface area (Å²) in [6.45, 7) is 5.64. The molecule has 1 aliphatic carbocycles. The molecule has 25 heavy (non-hydrogen) atoms. The van der Waals surface area contributed by atoms with Gasteiger partial charge in [0.2, 0.25) is 5.91 Å². The van der Waals surface area contributed by atoms with Crippen LogP contribution in [0.2, 0.25) is 0 Å². The van der Waals surface area contributed by atoms with Gasteiger partial charge in [-0.2, -0.15) is 0 Å². The van der Waals surface area contributed by atoms with Crippen LogP contribution in [0.5, 0.6) is 5.75 Å². The highest BCUT2D eigenvalue weighted by Crippen LogP contribution is 2.24. The maximum absolute atomic E-state index is 12.2. The number of hydrogen-bond acceptors (Lipinski definition) is 5. The average Bonchev–Trinajstić information content (AvgIpc) is 3.07. The Kier molecular flexibility index (Phi) is 6.67. The first-order chi connectivity index (χ1) is 12.2. The van der Waals surface area contributed by atoms with Gasteiger partial charge in [-0.1, -0.05) is 18.6 Å². The van der Waals surface area contributed by atoms with Crippen LogP contribution in [-0.2, 0) is 16.1 Å². The Morgan fingerprint density at radius 1 is 1.32 bits per heavy atom. The molecule has 1 aliphatic heterocycles. The van der Waals surface area contributed by atoms with Crippen molar-refractivity contribution in [3.63, 3.8) is 0 Å². The Labute approximate surface area is 149 Å². The number of nitrogens with two attached hydrogens (primary N) is 1.